The second-order valence-electron chi connectivity index (χ2n) is 9.58. The topological polar surface area (TPSA) is 82.1 Å². The van der Waals surface area contributed by atoms with Crippen molar-refractivity contribution in [3.63, 3.8) is 0 Å². The number of benzene rings is 3. The molecule has 4 atom stereocenters. The highest BCUT2D eigenvalue weighted by Crippen LogP contribution is 2.50. The van der Waals surface area contributed by atoms with Crippen LogP contribution in [0, 0.1) is 11.8 Å². The lowest BCUT2D eigenvalue weighted by atomic mass is 10.1. The van der Waals surface area contributed by atoms with Crippen LogP contribution in [-0.2, 0) is 25.7 Å². The lowest BCUT2D eigenvalue weighted by Gasteiger charge is -2.10. The number of ether oxygens (including phenoxy) is 3. The standard InChI is InChI=1S/C19H19ClO3.C12H13ClO3/c1-2-22-19(21)16-11-15(16)14-8-9-18(17(20)10-14)23-12-13-6-4-3-5-7-13;1-2-16-12(15)9-6-8(9)7-3-4-11(14)10(13)5-7/h3-10,15-16H,2,11-12H2,1H3;3-5,8-9,14H,2,6H2,1H3. The first-order valence-corrected chi connectivity index (χ1v) is 13.9. The number of phenols is 1. The molecule has 0 spiro atoms. The number of halogens is 2. The van der Waals surface area contributed by atoms with E-state index in [0.29, 0.717) is 35.6 Å². The van der Waals surface area contributed by atoms with Crippen molar-refractivity contribution in [2.75, 3.05) is 13.2 Å². The Labute approximate surface area is 238 Å². The molecule has 3 aromatic rings. The van der Waals surface area contributed by atoms with E-state index in [1.54, 1.807) is 25.1 Å². The van der Waals surface area contributed by atoms with Crippen molar-refractivity contribution in [1.29, 1.82) is 0 Å². The molecule has 2 fully saturated rings. The fraction of sp³-hybridized carbons (Fsp3) is 0.355. The van der Waals surface area contributed by atoms with E-state index in [9.17, 15) is 14.7 Å². The molecule has 2 saturated carbocycles. The molecule has 0 aromatic heterocycles. The predicted molar refractivity (Wildman–Crippen MR) is 150 cm³/mol. The maximum absolute atomic E-state index is 11.7. The highest BCUT2D eigenvalue weighted by atomic mass is 35.5. The third kappa shape index (κ3) is 7.68. The summed E-state index contributed by atoms with van der Waals surface area (Å²) in [6.07, 6.45) is 1.64. The Bertz CT molecular complexity index is 1300. The Balaban J connectivity index is 0.000000193. The van der Waals surface area contributed by atoms with Crippen molar-refractivity contribution in [2.45, 2.75) is 45.1 Å². The molecule has 2 aliphatic rings. The molecule has 8 heteroatoms. The number of hydrogen-bond acceptors (Lipinski definition) is 6. The van der Waals surface area contributed by atoms with Gasteiger partial charge in [0.1, 0.15) is 18.1 Å². The van der Waals surface area contributed by atoms with Crippen LogP contribution in [0.2, 0.25) is 10.0 Å². The van der Waals surface area contributed by atoms with Gasteiger partial charge < -0.3 is 19.3 Å². The molecular formula is C31H32Cl2O6. The lowest BCUT2D eigenvalue weighted by molar-refractivity contribution is -0.145. The van der Waals surface area contributed by atoms with E-state index in [1.165, 1.54) is 0 Å². The van der Waals surface area contributed by atoms with Gasteiger partial charge in [-0.2, -0.15) is 0 Å². The van der Waals surface area contributed by atoms with Gasteiger partial charge in [0.05, 0.1) is 35.1 Å². The van der Waals surface area contributed by atoms with Gasteiger partial charge in [0.15, 0.2) is 0 Å². The minimum atomic E-state index is -0.142. The molecule has 206 valence electrons. The van der Waals surface area contributed by atoms with E-state index < -0.39 is 0 Å². The number of esters is 2. The normalized spacial score (nSPS) is 20.7. The van der Waals surface area contributed by atoms with Gasteiger partial charge in [0.2, 0.25) is 0 Å². The first-order valence-electron chi connectivity index (χ1n) is 13.1. The SMILES string of the molecule is CCOC(=O)C1CC1c1ccc(O)c(Cl)c1.CCOC(=O)C1CC1c1ccc(OCc2ccccc2)c(Cl)c1. The van der Waals surface area contributed by atoms with Gasteiger partial charge in [-0.15, -0.1) is 0 Å². The van der Waals surface area contributed by atoms with E-state index in [0.717, 1.165) is 29.5 Å². The average molecular weight is 571 g/mol. The smallest absolute Gasteiger partial charge is 0.309 e. The summed E-state index contributed by atoms with van der Waals surface area (Å²) in [6, 6.07) is 20.8. The summed E-state index contributed by atoms with van der Waals surface area (Å²) in [7, 11) is 0. The summed E-state index contributed by atoms with van der Waals surface area (Å²) >= 11 is 12.1. The monoisotopic (exact) mass is 570 g/mol. The van der Waals surface area contributed by atoms with Crippen molar-refractivity contribution in [1.82, 2.24) is 0 Å². The molecule has 6 nitrogen and oxygen atoms in total. The Morgan fingerprint density at radius 2 is 1.33 bits per heavy atom. The van der Waals surface area contributed by atoms with Crippen LogP contribution < -0.4 is 4.74 Å². The van der Waals surface area contributed by atoms with E-state index in [2.05, 4.69) is 0 Å². The van der Waals surface area contributed by atoms with Crippen molar-refractivity contribution in [2.24, 2.45) is 11.8 Å². The highest BCUT2D eigenvalue weighted by Gasteiger charge is 2.46. The van der Waals surface area contributed by atoms with Crippen LogP contribution in [0.4, 0.5) is 0 Å². The Kier molecular flexibility index (Phi) is 9.76. The highest BCUT2D eigenvalue weighted by molar-refractivity contribution is 6.32. The molecular weight excluding hydrogens is 539 g/mol. The van der Waals surface area contributed by atoms with Gasteiger partial charge in [-0.25, -0.2) is 0 Å². The van der Waals surface area contributed by atoms with E-state index in [-0.39, 0.29) is 41.4 Å². The number of rotatable bonds is 9. The van der Waals surface area contributed by atoms with Crippen LogP contribution in [0.1, 0.15) is 55.2 Å². The summed E-state index contributed by atoms with van der Waals surface area (Å²) in [5.41, 5.74) is 3.15. The van der Waals surface area contributed by atoms with Gasteiger partial charge >= 0.3 is 11.9 Å². The van der Waals surface area contributed by atoms with E-state index in [4.69, 9.17) is 37.4 Å². The van der Waals surface area contributed by atoms with Crippen LogP contribution in [0.15, 0.2) is 66.7 Å². The maximum atomic E-state index is 11.7. The Morgan fingerprint density at radius 1 is 0.795 bits per heavy atom. The van der Waals surface area contributed by atoms with Crippen molar-refractivity contribution in [3.8, 4) is 11.5 Å². The zero-order valence-corrected chi connectivity index (χ0v) is 23.5. The lowest BCUT2D eigenvalue weighted by Crippen LogP contribution is -2.07. The molecule has 2 aliphatic carbocycles. The number of hydrogen-bond donors (Lipinski definition) is 1. The molecule has 39 heavy (non-hydrogen) atoms. The average Bonchev–Trinajstić information content (AvgIpc) is 3.85. The summed E-state index contributed by atoms with van der Waals surface area (Å²) in [5, 5.41) is 10.2. The fourth-order valence-electron chi connectivity index (χ4n) is 4.50. The van der Waals surface area contributed by atoms with Gasteiger partial charge in [-0.05, 0) is 79.5 Å². The van der Waals surface area contributed by atoms with Crippen molar-refractivity contribution >= 4 is 35.1 Å². The predicted octanol–water partition coefficient (Wildman–Crippen LogP) is 7.30. The number of aromatic hydroxyl groups is 1. The zero-order chi connectivity index (χ0) is 27.9. The van der Waals surface area contributed by atoms with E-state index >= 15 is 0 Å². The Hall–Kier alpha value is -3.22. The van der Waals surface area contributed by atoms with Gasteiger partial charge in [-0.3, -0.25) is 9.59 Å². The quantitative estimate of drug-likeness (QED) is 0.272. The molecule has 4 unspecified atom stereocenters. The van der Waals surface area contributed by atoms with Crippen LogP contribution in [0.5, 0.6) is 11.5 Å². The minimum absolute atomic E-state index is 0.0258. The summed E-state index contributed by atoms with van der Waals surface area (Å²) < 4.78 is 15.8. The summed E-state index contributed by atoms with van der Waals surface area (Å²) in [4.78, 5) is 23.2. The molecule has 0 radical (unpaired) electrons. The summed E-state index contributed by atoms with van der Waals surface area (Å²) in [5.74, 6) is 0.815. The fourth-order valence-corrected chi connectivity index (χ4v) is 4.93. The van der Waals surface area contributed by atoms with Crippen LogP contribution >= 0.6 is 23.2 Å². The molecule has 0 heterocycles. The first-order chi connectivity index (χ1) is 18.8. The summed E-state index contributed by atoms with van der Waals surface area (Å²) in [6.45, 7) is 4.94. The van der Waals surface area contributed by atoms with Crippen LogP contribution in [0.25, 0.3) is 0 Å². The zero-order valence-electron chi connectivity index (χ0n) is 21.9. The molecule has 0 bridgehead atoms. The van der Waals surface area contributed by atoms with Crippen molar-refractivity contribution in [3.05, 3.63) is 93.5 Å². The van der Waals surface area contributed by atoms with Gasteiger partial charge in [0.25, 0.3) is 0 Å². The molecule has 3 aromatic carbocycles. The van der Waals surface area contributed by atoms with Crippen LogP contribution in [-0.4, -0.2) is 30.3 Å². The van der Waals surface area contributed by atoms with Crippen molar-refractivity contribution < 1.29 is 28.9 Å². The molecule has 0 amide bonds. The molecule has 5 rings (SSSR count). The van der Waals surface area contributed by atoms with E-state index in [1.807, 2.05) is 55.5 Å². The van der Waals surface area contributed by atoms with Gasteiger partial charge in [0, 0.05) is 0 Å². The Morgan fingerprint density at radius 3 is 1.85 bits per heavy atom. The molecule has 1 N–H and O–H groups in total. The third-order valence-corrected chi connectivity index (χ3v) is 7.38. The largest absolute Gasteiger partial charge is 0.506 e. The second kappa shape index (κ2) is 13.2. The molecule has 0 aliphatic heterocycles. The second-order valence-corrected chi connectivity index (χ2v) is 10.4. The maximum Gasteiger partial charge on any atom is 0.309 e. The molecule has 0 saturated heterocycles. The van der Waals surface area contributed by atoms with Gasteiger partial charge in [-0.1, -0.05) is 65.7 Å². The first kappa shape index (κ1) is 28.8. The van der Waals surface area contributed by atoms with Crippen LogP contribution in [0.3, 0.4) is 0 Å². The number of carbonyl (C=O) groups excluding carboxylic acids is 2. The minimum Gasteiger partial charge on any atom is -0.506 e. The number of phenolic OH excluding ortho intramolecular Hbond substituents is 1. The number of carbonyl (C=O) groups is 2. The third-order valence-electron chi connectivity index (χ3n) is 6.78.